The summed E-state index contributed by atoms with van der Waals surface area (Å²) in [6, 6.07) is 0. The van der Waals surface area contributed by atoms with Gasteiger partial charge in [0.1, 0.15) is 6.10 Å². The van der Waals surface area contributed by atoms with E-state index >= 15 is 0 Å². The van der Waals surface area contributed by atoms with Crippen molar-refractivity contribution in [1.82, 2.24) is 0 Å². The van der Waals surface area contributed by atoms with Crippen LogP contribution in [0.15, 0.2) is 0 Å². The van der Waals surface area contributed by atoms with E-state index in [2.05, 4.69) is 0 Å². The third kappa shape index (κ3) is 4.65. The molecule has 2 aliphatic rings. The number of hydrogen-bond acceptors (Lipinski definition) is 9. The van der Waals surface area contributed by atoms with E-state index in [-0.39, 0.29) is 12.5 Å². The number of cyclic esters (lactones) is 1. The highest BCUT2D eigenvalue weighted by Gasteiger charge is 2.55. The molecule has 128 valence electrons. The first-order valence-corrected chi connectivity index (χ1v) is 7.14. The summed E-state index contributed by atoms with van der Waals surface area (Å²) in [5.41, 5.74) is 0. The number of carbonyl (C=O) groups is 4. The lowest BCUT2D eigenvalue weighted by Gasteiger charge is -2.30. The maximum atomic E-state index is 11.8. The molecule has 0 N–H and O–H groups in total. The third-order valence-electron chi connectivity index (χ3n) is 3.30. The van der Waals surface area contributed by atoms with Gasteiger partial charge in [0.25, 0.3) is 6.29 Å². The van der Waals surface area contributed by atoms with Crippen molar-refractivity contribution in [2.75, 3.05) is 0 Å². The molecule has 0 radical (unpaired) electrons. The van der Waals surface area contributed by atoms with Crippen LogP contribution in [0, 0.1) is 0 Å². The molecular weight excluding hydrogens is 312 g/mol. The van der Waals surface area contributed by atoms with Gasteiger partial charge in [0.15, 0.2) is 6.10 Å². The second-order valence-corrected chi connectivity index (χ2v) is 5.29. The van der Waals surface area contributed by atoms with Gasteiger partial charge in [-0.05, 0) is 6.42 Å². The number of esters is 4. The van der Waals surface area contributed by atoms with Crippen LogP contribution >= 0.6 is 0 Å². The fourth-order valence-electron chi connectivity index (χ4n) is 2.43. The molecule has 2 rings (SSSR count). The van der Waals surface area contributed by atoms with Crippen molar-refractivity contribution < 1.29 is 42.9 Å². The van der Waals surface area contributed by atoms with Crippen molar-refractivity contribution >= 4 is 23.9 Å². The quantitative estimate of drug-likeness (QED) is 0.395. The van der Waals surface area contributed by atoms with Crippen molar-refractivity contribution in [3.05, 3.63) is 0 Å². The number of carbonyl (C=O) groups excluding carboxylic acids is 4. The van der Waals surface area contributed by atoms with Crippen molar-refractivity contribution in [2.45, 2.75) is 64.3 Å². The van der Waals surface area contributed by atoms with Gasteiger partial charge < -0.3 is 23.7 Å². The van der Waals surface area contributed by atoms with Gasteiger partial charge in [-0.1, -0.05) is 0 Å². The minimum absolute atomic E-state index is 0.0402. The van der Waals surface area contributed by atoms with E-state index in [0.717, 1.165) is 13.8 Å². The molecule has 2 heterocycles. The largest absolute Gasteiger partial charge is 0.455 e. The summed E-state index contributed by atoms with van der Waals surface area (Å²) in [7, 11) is 0. The van der Waals surface area contributed by atoms with Crippen molar-refractivity contribution in [1.29, 1.82) is 0 Å². The molecule has 9 nitrogen and oxygen atoms in total. The Morgan fingerprint density at radius 3 is 2.09 bits per heavy atom. The molecule has 2 aliphatic heterocycles. The Labute approximate surface area is 132 Å². The summed E-state index contributed by atoms with van der Waals surface area (Å²) in [5, 5.41) is 0. The highest BCUT2D eigenvalue weighted by molar-refractivity contribution is 5.71. The summed E-state index contributed by atoms with van der Waals surface area (Å²) in [6.45, 7) is 3.43. The first-order chi connectivity index (χ1) is 10.8. The van der Waals surface area contributed by atoms with Crippen LogP contribution in [0.4, 0.5) is 0 Å². The average Bonchev–Trinajstić information content (AvgIpc) is 3.17. The maximum absolute atomic E-state index is 11.8. The van der Waals surface area contributed by atoms with Crippen LogP contribution in [0.1, 0.15) is 33.6 Å². The van der Waals surface area contributed by atoms with E-state index in [1.165, 1.54) is 6.92 Å². The van der Waals surface area contributed by atoms with Gasteiger partial charge in [0, 0.05) is 27.2 Å². The van der Waals surface area contributed by atoms with Gasteiger partial charge in [-0.15, -0.1) is 0 Å². The Balaban J connectivity index is 2.32. The van der Waals surface area contributed by atoms with Crippen molar-refractivity contribution in [3.8, 4) is 0 Å². The minimum atomic E-state index is -1.52. The summed E-state index contributed by atoms with van der Waals surface area (Å²) in [4.78, 5) is 45.8. The normalized spacial score (nSPS) is 33.0. The van der Waals surface area contributed by atoms with Crippen LogP contribution in [0.5, 0.6) is 0 Å². The molecule has 0 aromatic carbocycles. The van der Waals surface area contributed by atoms with Crippen molar-refractivity contribution in [3.63, 3.8) is 0 Å². The number of hydrogen-bond donors (Lipinski definition) is 0. The molecule has 2 fully saturated rings. The summed E-state index contributed by atoms with van der Waals surface area (Å²) < 4.78 is 25.7. The summed E-state index contributed by atoms with van der Waals surface area (Å²) >= 11 is 0. The fraction of sp³-hybridized carbons (Fsp3) is 0.714. The van der Waals surface area contributed by atoms with E-state index in [1.54, 1.807) is 0 Å². The van der Waals surface area contributed by atoms with E-state index < -0.39 is 48.5 Å². The Kier molecular flexibility index (Phi) is 5.19. The van der Waals surface area contributed by atoms with Crippen LogP contribution in [0.2, 0.25) is 0 Å². The fourth-order valence-corrected chi connectivity index (χ4v) is 2.43. The Morgan fingerprint density at radius 1 is 0.957 bits per heavy atom. The second kappa shape index (κ2) is 6.95. The first-order valence-electron chi connectivity index (χ1n) is 7.14. The summed E-state index contributed by atoms with van der Waals surface area (Å²) in [6.07, 6.45) is -4.35. The van der Waals surface area contributed by atoms with E-state index in [9.17, 15) is 19.2 Å². The van der Waals surface area contributed by atoms with Gasteiger partial charge in [0.2, 0.25) is 6.10 Å². The molecule has 9 heteroatoms. The Hall–Kier alpha value is -2.16. The molecule has 2 saturated heterocycles. The smallest absolute Gasteiger partial charge is 0.309 e. The number of ether oxygens (including phenoxy) is 5. The molecule has 0 aliphatic carbocycles. The maximum Gasteiger partial charge on any atom is 0.309 e. The van der Waals surface area contributed by atoms with E-state index in [1.807, 2.05) is 0 Å². The van der Waals surface area contributed by atoms with Crippen LogP contribution in [0.25, 0.3) is 0 Å². The predicted molar refractivity (Wildman–Crippen MR) is 70.6 cm³/mol. The standard InChI is InChI=1S/C14H18O9/c1-6(15)19-12-11-9(22-11)4-5-10(18)23-14(21-8(3)17)13(12)20-7(2)16/h9,11-14H,4-5H2,1-3H3/t9-,11-,12+,13-,14-/m1/s1. The molecule has 5 atom stereocenters. The molecular formula is C14H18O9. The average molecular weight is 330 g/mol. The molecule has 0 unspecified atom stereocenters. The van der Waals surface area contributed by atoms with Crippen LogP contribution in [-0.2, 0) is 42.9 Å². The topological polar surface area (TPSA) is 118 Å². The van der Waals surface area contributed by atoms with E-state index in [0.29, 0.717) is 6.42 Å². The molecule has 0 bridgehead atoms. The molecule has 0 aromatic rings. The van der Waals surface area contributed by atoms with Crippen LogP contribution in [-0.4, -0.2) is 54.6 Å². The molecule has 0 saturated carbocycles. The lowest BCUT2D eigenvalue weighted by atomic mass is 10.1. The molecule has 23 heavy (non-hydrogen) atoms. The SMILES string of the molecule is CC(=O)O[C@@H]1OC(=O)CC[C@H]2O[C@H]2[C@H](OC(C)=O)[C@H]1OC(C)=O. The zero-order valence-electron chi connectivity index (χ0n) is 13.0. The van der Waals surface area contributed by atoms with Gasteiger partial charge >= 0.3 is 23.9 Å². The molecule has 0 aromatic heterocycles. The monoisotopic (exact) mass is 330 g/mol. The van der Waals surface area contributed by atoms with Gasteiger partial charge in [-0.25, -0.2) is 0 Å². The molecule has 0 amide bonds. The van der Waals surface area contributed by atoms with E-state index in [4.69, 9.17) is 23.7 Å². The van der Waals surface area contributed by atoms with Crippen molar-refractivity contribution in [2.24, 2.45) is 0 Å². The number of epoxide rings is 1. The van der Waals surface area contributed by atoms with Gasteiger partial charge in [-0.2, -0.15) is 0 Å². The third-order valence-corrected chi connectivity index (χ3v) is 3.30. The summed E-state index contributed by atoms with van der Waals surface area (Å²) in [5.74, 6) is -2.72. The lowest BCUT2D eigenvalue weighted by Crippen LogP contribution is -2.49. The zero-order chi connectivity index (χ0) is 17.1. The van der Waals surface area contributed by atoms with Crippen LogP contribution < -0.4 is 0 Å². The Bertz CT molecular complexity index is 514. The number of fused-ring (bicyclic) bond motifs is 1. The van der Waals surface area contributed by atoms with Gasteiger partial charge in [-0.3, -0.25) is 19.2 Å². The Morgan fingerprint density at radius 2 is 1.52 bits per heavy atom. The van der Waals surface area contributed by atoms with Crippen LogP contribution in [0.3, 0.4) is 0 Å². The highest BCUT2D eigenvalue weighted by atomic mass is 16.7. The predicted octanol–water partition coefficient (Wildman–Crippen LogP) is -0.157. The first kappa shape index (κ1) is 17.2. The van der Waals surface area contributed by atoms with Gasteiger partial charge in [0.05, 0.1) is 6.10 Å². The highest BCUT2D eigenvalue weighted by Crippen LogP contribution is 2.36. The molecule has 0 spiro atoms. The zero-order valence-corrected chi connectivity index (χ0v) is 13.0. The number of rotatable bonds is 3. The second-order valence-electron chi connectivity index (χ2n) is 5.29. The lowest BCUT2D eigenvalue weighted by molar-refractivity contribution is -0.228. The minimum Gasteiger partial charge on any atom is -0.455 e.